The molecule has 0 atom stereocenters. The Morgan fingerprint density at radius 3 is 2.81 bits per heavy atom. The van der Waals surface area contributed by atoms with Crippen LogP contribution in [0.15, 0.2) is 21.5 Å². The molecule has 1 aliphatic heterocycles. The molecule has 0 amide bonds. The van der Waals surface area contributed by atoms with Crippen molar-refractivity contribution < 1.29 is 13.6 Å². The number of hydrogen-bond acceptors (Lipinski definition) is 4. The third-order valence-corrected chi connectivity index (χ3v) is 4.75. The third kappa shape index (κ3) is 1.84. The van der Waals surface area contributed by atoms with Crippen LogP contribution in [0.5, 0.6) is 0 Å². The highest BCUT2D eigenvalue weighted by atomic mass is 79.9. The van der Waals surface area contributed by atoms with E-state index in [0.717, 1.165) is 24.2 Å². The summed E-state index contributed by atoms with van der Waals surface area (Å²) in [5.74, 6) is 0. The van der Waals surface area contributed by atoms with E-state index in [1.165, 1.54) is 4.89 Å². The van der Waals surface area contributed by atoms with Crippen LogP contribution in [-0.4, -0.2) is 27.2 Å². The largest absolute Gasteiger partial charge is 0.374 e. The maximum absolute atomic E-state index is 11.5. The molecule has 0 fully saturated rings. The number of sulfonamides is 1. The lowest BCUT2D eigenvalue weighted by atomic mass is 10.2. The van der Waals surface area contributed by atoms with Crippen LogP contribution in [0.3, 0.4) is 0 Å². The maximum atomic E-state index is 11.5. The summed E-state index contributed by atoms with van der Waals surface area (Å²) in [5.41, 5.74) is 1.99. The summed E-state index contributed by atoms with van der Waals surface area (Å²) in [5, 5.41) is 8.61. The monoisotopic (exact) mass is 306 g/mol. The van der Waals surface area contributed by atoms with Crippen LogP contribution < -0.4 is 9.79 Å². The molecule has 16 heavy (non-hydrogen) atoms. The summed E-state index contributed by atoms with van der Waals surface area (Å²) in [6.45, 7) is 0.873. The van der Waals surface area contributed by atoms with Crippen molar-refractivity contribution in [2.45, 2.75) is 11.3 Å². The Labute approximate surface area is 102 Å². The average molecular weight is 307 g/mol. The summed E-state index contributed by atoms with van der Waals surface area (Å²) in [6.07, 6.45) is 0.900. The van der Waals surface area contributed by atoms with Gasteiger partial charge in [-0.25, -0.2) is 8.42 Å². The van der Waals surface area contributed by atoms with Crippen LogP contribution in [0.1, 0.15) is 5.56 Å². The zero-order valence-electron chi connectivity index (χ0n) is 8.57. The van der Waals surface area contributed by atoms with E-state index in [1.54, 1.807) is 12.1 Å². The SMILES string of the molecule is CN1CCc2cc(Br)c(S(=O)(=O)NO)cc21. The smallest absolute Gasteiger partial charge is 0.263 e. The summed E-state index contributed by atoms with van der Waals surface area (Å²) >= 11 is 3.20. The van der Waals surface area contributed by atoms with Gasteiger partial charge < -0.3 is 10.1 Å². The number of nitrogens with zero attached hydrogens (tertiary/aromatic N) is 1. The van der Waals surface area contributed by atoms with Crippen LogP contribution in [0.25, 0.3) is 0 Å². The van der Waals surface area contributed by atoms with Crippen LogP contribution in [-0.2, 0) is 16.4 Å². The lowest BCUT2D eigenvalue weighted by Crippen LogP contribution is -2.20. The van der Waals surface area contributed by atoms with E-state index < -0.39 is 10.0 Å². The van der Waals surface area contributed by atoms with Crippen molar-refractivity contribution in [1.29, 1.82) is 0 Å². The summed E-state index contributed by atoms with van der Waals surface area (Å²) in [6, 6.07) is 3.34. The van der Waals surface area contributed by atoms with E-state index in [1.807, 2.05) is 11.9 Å². The van der Waals surface area contributed by atoms with Gasteiger partial charge in [-0.05, 0) is 40.0 Å². The number of likely N-dealkylation sites (N-methyl/N-ethyl adjacent to an activating group) is 1. The van der Waals surface area contributed by atoms with E-state index in [2.05, 4.69) is 15.9 Å². The van der Waals surface area contributed by atoms with E-state index >= 15 is 0 Å². The molecule has 1 aliphatic rings. The van der Waals surface area contributed by atoms with Crippen LogP contribution in [0.2, 0.25) is 0 Å². The van der Waals surface area contributed by atoms with Gasteiger partial charge in [0.05, 0.1) is 0 Å². The molecule has 1 heterocycles. The molecular formula is C9H11BrN2O3S. The molecule has 1 aromatic rings. The Kier molecular flexibility index (Phi) is 2.95. The number of halogens is 1. The molecule has 0 bridgehead atoms. The fraction of sp³-hybridized carbons (Fsp3) is 0.333. The molecule has 0 unspecified atom stereocenters. The van der Waals surface area contributed by atoms with Crippen molar-refractivity contribution in [3.8, 4) is 0 Å². The first-order valence-corrected chi connectivity index (χ1v) is 6.93. The van der Waals surface area contributed by atoms with E-state index in [9.17, 15) is 8.42 Å². The van der Waals surface area contributed by atoms with E-state index in [0.29, 0.717) is 4.47 Å². The van der Waals surface area contributed by atoms with Crippen molar-refractivity contribution in [3.05, 3.63) is 22.2 Å². The second-order valence-electron chi connectivity index (χ2n) is 3.68. The molecule has 88 valence electrons. The van der Waals surface area contributed by atoms with Crippen LogP contribution in [0, 0.1) is 0 Å². The third-order valence-electron chi connectivity index (χ3n) is 2.67. The Bertz CT molecular complexity index is 530. The summed E-state index contributed by atoms with van der Waals surface area (Å²) in [4.78, 5) is 3.36. The van der Waals surface area contributed by atoms with Crippen molar-refractivity contribution in [2.75, 3.05) is 18.5 Å². The normalized spacial score (nSPS) is 15.3. The lowest BCUT2D eigenvalue weighted by molar-refractivity contribution is 0.242. The molecule has 0 spiro atoms. The standard InChI is InChI=1S/C9H11BrN2O3S/c1-12-3-2-6-4-7(10)9(5-8(6)12)16(14,15)11-13/h4-5,11,13H,2-3H2,1H3. The van der Waals surface area contributed by atoms with Gasteiger partial charge in [-0.15, -0.1) is 0 Å². The first-order valence-electron chi connectivity index (χ1n) is 4.65. The lowest BCUT2D eigenvalue weighted by Gasteiger charge is -2.14. The number of rotatable bonds is 2. The van der Waals surface area contributed by atoms with Crippen LogP contribution >= 0.6 is 15.9 Å². The van der Waals surface area contributed by atoms with Crippen molar-refractivity contribution in [1.82, 2.24) is 4.89 Å². The van der Waals surface area contributed by atoms with Crippen LogP contribution in [0.4, 0.5) is 5.69 Å². The predicted octanol–water partition coefficient (Wildman–Crippen LogP) is 1.11. The maximum Gasteiger partial charge on any atom is 0.263 e. The molecule has 1 aromatic carbocycles. The minimum Gasteiger partial charge on any atom is -0.374 e. The first kappa shape index (κ1) is 11.8. The highest BCUT2D eigenvalue weighted by molar-refractivity contribution is 9.10. The van der Waals surface area contributed by atoms with Gasteiger partial charge in [0.15, 0.2) is 0 Å². The zero-order chi connectivity index (χ0) is 11.9. The molecule has 5 nitrogen and oxygen atoms in total. The van der Waals surface area contributed by atoms with Gasteiger partial charge in [0.1, 0.15) is 4.90 Å². The minimum absolute atomic E-state index is 0.0440. The number of anilines is 1. The summed E-state index contributed by atoms with van der Waals surface area (Å²) in [7, 11) is -1.94. The van der Waals surface area contributed by atoms with Gasteiger partial charge in [-0.2, -0.15) is 0 Å². The topological polar surface area (TPSA) is 69.6 Å². The molecule has 2 rings (SSSR count). The predicted molar refractivity (Wildman–Crippen MR) is 63.2 cm³/mol. The Balaban J connectivity index is 2.62. The number of hydrogen-bond donors (Lipinski definition) is 2. The van der Waals surface area contributed by atoms with Gasteiger partial charge in [-0.1, -0.05) is 4.89 Å². The van der Waals surface area contributed by atoms with Crippen molar-refractivity contribution in [2.24, 2.45) is 0 Å². The van der Waals surface area contributed by atoms with Crippen molar-refractivity contribution in [3.63, 3.8) is 0 Å². The summed E-state index contributed by atoms with van der Waals surface area (Å²) < 4.78 is 23.5. The van der Waals surface area contributed by atoms with E-state index in [4.69, 9.17) is 5.21 Å². The Morgan fingerprint density at radius 2 is 2.19 bits per heavy atom. The molecule has 0 radical (unpaired) electrons. The highest BCUT2D eigenvalue weighted by Crippen LogP contribution is 2.34. The molecule has 0 saturated carbocycles. The molecular weight excluding hydrogens is 296 g/mol. The van der Waals surface area contributed by atoms with Gasteiger partial charge in [0, 0.05) is 23.8 Å². The average Bonchev–Trinajstić information content (AvgIpc) is 2.58. The van der Waals surface area contributed by atoms with Gasteiger partial charge in [0.2, 0.25) is 0 Å². The van der Waals surface area contributed by atoms with Gasteiger partial charge in [0.25, 0.3) is 10.0 Å². The number of benzene rings is 1. The molecule has 0 saturated heterocycles. The molecule has 2 N–H and O–H groups in total. The molecule has 0 aromatic heterocycles. The second kappa shape index (κ2) is 3.99. The van der Waals surface area contributed by atoms with E-state index in [-0.39, 0.29) is 4.90 Å². The fourth-order valence-corrected chi connectivity index (χ4v) is 3.51. The minimum atomic E-state index is -3.84. The fourth-order valence-electron chi connectivity index (χ4n) is 1.80. The number of fused-ring (bicyclic) bond motifs is 1. The molecule has 7 heteroatoms. The number of nitrogens with one attached hydrogen (secondary N) is 1. The molecule has 0 aliphatic carbocycles. The quantitative estimate of drug-likeness (QED) is 0.803. The van der Waals surface area contributed by atoms with Gasteiger partial charge >= 0.3 is 0 Å². The highest BCUT2D eigenvalue weighted by Gasteiger charge is 2.23. The second-order valence-corrected chi connectivity index (χ2v) is 6.16. The Morgan fingerprint density at radius 1 is 1.50 bits per heavy atom. The zero-order valence-corrected chi connectivity index (χ0v) is 11.0. The first-order chi connectivity index (χ1) is 7.45. The van der Waals surface area contributed by atoms with Crippen molar-refractivity contribution >= 4 is 31.6 Å². The van der Waals surface area contributed by atoms with Gasteiger partial charge in [-0.3, -0.25) is 0 Å². The Hall–Kier alpha value is -0.630.